The summed E-state index contributed by atoms with van der Waals surface area (Å²) in [5.74, 6) is 0.346. The zero-order valence-corrected chi connectivity index (χ0v) is 23.6. The molecule has 0 amide bonds. The zero-order valence-electron chi connectivity index (χ0n) is 22.8. The zero-order chi connectivity index (χ0) is 29.5. The van der Waals surface area contributed by atoms with Gasteiger partial charge in [-0.1, -0.05) is 6.07 Å². The highest BCUT2D eigenvalue weighted by Gasteiger charge is 2.50. The van der Waals surface area contributed by atoms with Crippen molar-refractivity contribution < 1.29 is 19.0 Å². The van der Waals surface area contributed by atoms with E-state index in [9.17, 15) is 14.3 Å². The van der Waals surface area contributed by atoms with Crippen LogP contribution in [0.5, 0.6) is 5.88 Å². The van der Waals surface area contributed by atoms with Gasteiger partial charge in [-0.3, -0.25) is 9.88 Å². The SMILES string of the molecule is N#Cc1ccc(COc2ccnc(N3CCN(Cc4nc5ccc(C(=O)O)cc5n4Cc4cncs4)[C@H]4C[C@H]43)n2)c(F)c1. The number of aromatic carboxylic acids is 1. The summed E-state index contributed by atoms with van der Waals surface area (Å²) in [5.41, 5.74) is 4.18. The van der Waals surface area contributed by atoms with Crippen LogP contribution in [0.3, 0.4) is 0 Å². The molecule has 0 spiro atoms. The van der Waals surface area contributed by atoms with Gasteiger partial charge < -0.3 is 19.3 Å². The lowest BCUT2D eigenvalue weighted by atomic mass is 10.1. The molecule has 13 heteroatoms. The lowest BCUT2D eigenvalue weighted by Gasteiger charge is -2.34. The molecule has 2 fully saturated rings. The summed E-state index contributed by atoms with van der Waals surface area (Å²) in [6, 6.07) is 13.5. The number of fused-ring (bicyclic) bond motifs is 2. The summed E-state index contributed by atoms with van der Waals surface area (Å²) >= 11 is 1.56. The standard InChI is InChI=1S/C30H25FN8O3S/c31-22-9-18(12-32)1-2-20(22)16-42-28-5-6-34-30(36-28)38-8-7-37(25-11-26(25)38)15-27-35-23-4-3-19(29(40)41)10-24(23)39(27)14-21-13-33-17-43-21/h1-6,9-10,13,17,25-26H,7-8,11,14-16H2,(H,40,41)/t25-,26+/m0/s1. The van der Waals surface area contributed by atoms with E-state index in [-0.39, 0.29) is 23.8 Å². The second kappa shape index (κ2) is 11.0. The molecule has 1 saturated heterocycles. The van der Waals surface area contributed by atoms with E-state index >= 15 is 0 Å². The van der Waals surface area contributed by atoms with Crippen LogP contribution in [0, 0.1) is 17.1 Å². The molecular formula is C30H25FN8O3S. The lowest BCUT2D eigenvalue weighted by Crippen LogP contribution is -2.46. The van der Waals surface area contributed by atoms with Gasteiger partial charge in [0.15, 0.2) is 0 Å². The molecule has 7 rings (SSSR count). The number of nitrogens with zero attached hydrogens (tertiary/aromatic N) is 8. The van der Waals surface area contributed by atoms with Gasteiger partial charge in [0.1, 0.15) is 18.2 Å². The predicted octanol–water partition coefficient (Wildman–Crippen LogP) is 4.08. The highest BCUT2D eigenvalue weighted by atomic mass is 32.1. The van der Waals surface area contributed by atoms with Crippen LogP contribution in [0.1, 0.15) is 38.6 Å². The average molecular weight is 597 g/mol. The van der Waals surface area contributed by atoms with Gasteiger partial charge in [0, 0.05) is 54.1 Å². The van der Waals surface area contributed by atoms with Gasteiger partial charge in [-0.15, -0.1) is 11.3 Å². The Morgan fingerprint density at radius 2 is 2.05 bits per heavy atom. The maximum Gasteiger partial charge on any atom is 0.335 e. The molecule has 0 bridgehead atoms. The fraction of sp³-hybridized carbons (Fsp3) is 0.267. The number of nitriles is 1. The van der Waals surface area contributed by atoms with Crippen LogP contribution in [0.15, 0.2) is 60.4 Å². The minimum absolute atomic E-state index is 0.00960. The van der Waals surface area contributed by atoms with Gasteiger partial charge in [-0.05, 0) is 36.8 Å². The number of halogens is 1. The second-order valence-electron chi connectivity index (χ2n) is 10.5. The van der Waals surface area contributed by atoms with Crippen molar-refractivity contribution in [3.05, 3.63) is 93.6 Å². The molecule has 1 aliphatic heterocycles. The molecular weight excluding hydrogens is 571 g/mol. The molecule has 2 aromatic carbocycles. The molecule has 1 aliphatic carbocycles. The van der Waals surface area contributed by atoms with Crippen LogP contribution >= 0.6 is 11.3 Å². The molecule has 0 radical (unpaired) electrons. The molecule has 2 atom stereocenters. The van der Waals surface area contributed by atoms with Gasteiger partial charge in [-0.2, -0.15) is 10.2 Å². The maximum atomic E-state index is 14.3. The molecule has 3 aromatic heterocycles. The lowest BCUT2D eigenvalue weighted by molar-refractivity contribution is 0.0697. The number of carboxylic acid groups (broad SMARTS) is 1. The number of rotatable bonds is 9. The number of carboxylic acids is 1. The first-order valence-electron chi connectivity index (χ1n) is 13.7. The van der Waals surface area contributed by atoms with Crippen molar-refractivity contribution >= 4 is 34.3 Å². The Balaban J connectivity index is 1.06. The predicted molar refractivity (Wildman–Crippen MR) is 155 cm³/mol. The number of piperazine rings is 1. The number of hydrogen-bond donors (Lipinski definition) is 1. The Kier molecular flexibility index (Phi) is 6.92. The Labute approximate surface area is 249 Å². The highest BCUT2D eigenvalue weighted by molar-refractivity contribution is 7.09. The van der Waals surface area contributed by atoms with Crippen molar-refractivity contribution in [1.82, 2.24) is 29.4 Å². The van der Waals surface area contributed by atoms with Gasteiger partial charge in [0.05, 0.1) is 46.8 Å². The molecule has 11 nitrogen and oxygen atoms in total. The summed E-state index contributed by atoms with van der Waals surface area (Å²) in [7, 11) is 0. The number of carbonyl (C=O) groups is 1. The molecule has 5 aromatic rings. The van der Waals surface area contributed by atoms with E-state index in [2.05, 4.69) is 29.3 Å². The topological polar surface area (TPSA) is 133 Å². The number of hydrogen-bond acceptors (Lipinski definition) is 10. The van der Waals surface area contributed by atoms with Crippen LogP contribution in [0.25, 0.3) is 11.0 Å². The first-order chi connectivity index (χ1) is 21.0. The summed E-state index contributed by atoms with van der Waals surface area (Å²) in [5, 5.41) is 18.5. The van der Waals surface area contributed by atoms with E-state index in [4.69, 9.17) is 15.0 Å². The average Bonchev–Trinajstić information content (AvgIpc) is 3.53. The second-order valence-corrected chi connectivity index (χ2v) is 11.5. The molecule has 2 aliphatic rings. The summed E-state index contributed by atoms with van der Waals surface area (Å²) in [6.45, 7) is 2.68. The fourth-order valence-electron chi connectivity index (χ4n) is 5.61. The molecule has 4 heterocycles. The van der Waals surface area contributed by atoms with Crippen molar-refractivity contribution in [2.24, 2.45) is 0 Å². The van der Waals surface area contributed by atoms with Crippen molar-refractivity contribution in [1.29, 1.82) is 5.26 Å². The van der Waals surface area contributed by atoms with E-state index in [0.717, 1.165) is 34.7 Å². The largest absolute Gasteiger partial charge is 0.478 e. The summed E-state index contributed by atoms with van der Waals surface area (Å²) < 4.78 is 22.1. The molecule has 216 valence electrons. The fourth-order valence-corrected chi connectivity index (χ4v) is 6.19. The molecule has 43 heavy (non-hydrogen) atoms. The smallest absolute Gasteiger partial charge is 0.335 e. The highest BCUT2D eigenvalue weighted by Crippen LogP contribution is 2.39. The Hall–Kier alpha value is -4.93. The third-order valence-electron chi connectivity index (χ3n) is 7.87. The Bertz CT molecular complexity index is 1870. The molecule has 1 saturated carbocycles. The molecule has 0 unspecified atom stereocenters. The van der Waals surface area contributed by atoms with E-state index < -0.39 is 11.8 Å². The van der Waals surface area contributed by atoms with Crippen molar-refractivity contribution in [2.45, 2.75) is 38.2 Å². The summed E-state index contributed by atoms with van der Waals surface area (Å²) in [6.07, 6.45) is 4.43. The van der Waals surface area contributed by atoms with Crippen LogP contribution in [0.4, 0.5) is 10.3 Å². The minimum Gasteiger partial charge on any atom is -0.478 e. The van der Waals surface area contributed by atoms with Crippen LogP contribution in [-0.4, -0.2) is 65.7 Å². The third kappa shape index (κ3) is 5.38. The first-order valence-corrected chi connectivity index (χ1v) is 14.6. The number of aromatic nitrogens is 5. The number of ether oxygens (including phenoxy) is 1. The molecule has 1 N–H and O–H groups in total. The van der Waals surface area contributed by atoms with Gasteiger partial charge >= 0.3 is 5.97 Å². The number of anilines is 1. The van der Waals surface area contributed by atoms with E-state index in [1.807, 2.05) is 12.3 Å². The van der Waals surface area contributed by atoms with Gasteiger partial charge in [0.2, 0.25) is 11.8 Å². The quantitative estimate of drug-likeness (QED) is 0.265. The van der Waals surface area contributed by atoms with E-state index in [1.165, 1.54) is 6.07 Å². The maximum absolute atomic E-state index is 14.3. The minimum atomic E-state index is -0.968. The number of benzene rings is 2. The Morgan fingerprint density at radius 1 is 1.14 bits per heavy atom. The van der Waals surface area contributed by atoms with Gasteiger partial charge in [0.25, 0.3) is 0 Å². The third-order valence-corrected chi connectivity index (χ3v) is 8.63. The van der Waals surface area contributed by atoms with Crippen LogP contribution < -0.4 is 9.64 Å². The van der Waals surface area contributed by atoms with Crippen molar-refractivity contribution in [3.8, 4) is 11.9 Å². The van der Waals surface area contributed by atoms with Gasteiger partial charge in [-0.25, -0.2) is 19.2 Å². The number of imidazole rings is 1. The van der Waals surface area contributed by atoms with E-state index in [1.54, 1.807) is 59.4 Å². The van der Waals surface area contributed by atoms with Crippen molar-refractivity contribution in [3.63, 3.8) is 0 Å². The van der Waals surface area contributed by atoms with Crippen LogP contribution in [-0.2, 0) is 19.7 Å². The number of thiazole rings is 1. The van der Waals surface area contributed by atoms with Crippen molar-refractivity contribution in [2.75, 3.05) is 18.0 Å². The normalized spacial score (nSPS) is 17.9. The van der Waals surface area contributed by atoms with Crippen LogP contribution in [0.2, 0.25) is 0 Å². The van der Waals surface area contributed by atoms with E-state index in [0.29, 0.717) is 43.1 Å². The first kappa shape index (κ1) is 26.9. The monoisotopic (exact) mass is 596 g/mol. The Morgan fingerprint density at radius 3 is 2.84 bits per heavy atom. The summed E-state index contributed by atoms with van der Waals surface area (Å²) in [4.78, 5) is 35.5.